The van der Waals surface area contributed by atoms with Gasteiger partial charge in [-0.3, -0.25) is 9.78 Å². The van der Waals surface area contributed by atoms with E-state index in [1.54, 1.807) is 29.5 Å². The number of pyridine rings is 1. The van der Waals surface area contributed by atoms with E-state index < -0.39 is 0 Å². The molecule has 3 aromatic rings. The first kappa shape index (κ1) is 18.1. The Labute approximate surface area is 163 Å². The fourth-order valence-corrected chi connectivity index (χ4v) is 3.54. The number of aromatic nitrogens is 5. The summed E-state index contributed by atoms with van der Waals surface area (Å²) in [6.45, 7) is 5.47. The highest BCUT2D eigenvalue weighted by Crippen LogP contribution is 2.22. The molecule has 1 aliphatic rings. The monoisotopic (exact) mass is 377 g/mol. The first-order valence-corrected chi connectivity index (χ1v) is 9.41. The summed E-state index contributed by atoms with van der Waals surface area (Å²) in [7, 11) is 0. The normalized spacial score (nSPS) is 16.8. The van der Waals surface area contributed by atoms with Crippen LogP contribution in [0.1, 0.15) is 24.2 Å². The zero-order valence-corrected chi connectivity index (χ0v) is 16.0. The zero-order valence-electron chi connectivity index (χ0n) is 16.0. The number of amides is 1. The molecule has 1 amide bonds. The van der Waals surface area contributed by atoms with Gasteiger partial charge in [0.2, 0.25) is 5.91 Å². The first-order chi connectivity index (χ1) is 13.6. The molecule has 1 aliphatic heterocycles. The third-order valence-corrected chi connectivity index (χ3v) is 4.91. The Morgan fingerprint density at radius 2 is 2.04 bits per heavy atom. The van der Waals surface area contributed by atoms with E-state index in [0.29, 0.717) is 12.2 Å². The van der Waals surface area contributed by atoms with Crippen LogP contribution in [-0.4, -0.2) is 43.7 Å². The SMILES string of the molecule is Cc1cc(C)n(-c2ccc(NC(=O)C3CCCN(c4cnccn4)C3)cn2)n1. The van der Waals surface area contributed by atoms with Crippen LogP contribution >= 0.6 is 0 Å². The van der Waals surface area contributed by atoms with Crippen LogP contribution < -0.4 is 10.2 Å². The summed E-state index contributed by atoms with van der Waals surface area (Å²) < 4.78 is 1.79. The van der Waals surface area contributed by atoms with Gasteiger partial charge in [-0.05, 0) is 44.9 Å². The largest absolute Gasteiger partial charge is 0.355 e. The lowest BCUT2D eigenvalue weighted by atomic mass is 9.97. The second kappa shape index (κ2) is 7.75. The predicted octanol–water partition coefficient (Wildman–Crippen LogP) is 2.53. The van der Waals surface area contributed by atoms with Gasteiger partial charge in [-0.2, -0.15) is 5.10 Å². The lowest BCUT2D eigenvalue weighted by molar-refractivity contribution is -0.120. The number of nitrogens with one attached hydrogen (secondary N) is 1. The van der Waals surface area contributed by atoms with Crippen LogP contribution in [-0.2, 0) is 4.79 Å². The third-order valence-electron chi connectivity index (χ3n) is 4.91. The number of piperidine rings is 1. The Bertz CT molecular complexity index is 952. The van der Waals surface area contributed by atoms with E-state index >= 15 is 0 Å². The van der Waals surface area contributed by atoms with E-state index in [1.807, 2.05) is 32.0 Å². The van der Waals surface area contributed by atoms with Gasteiger partial charge < -0.3 is 10.2 Å². The number of hydrogen-bond acceptors (Lipinski definition) is 6. The predicted molar refractivity (Wildman–Crippen MR) is 106 cm³/mol. The smallest absolute Gasteiger partial charge is 0.229 e. The van der Waals surface area contributed by atoms with Crippen LogP contribution in [0.15, 0.2) is 43.0 Å². The fraction of sp³-hybridized carbons (Fsp3) is 0.350. The lowest BCUT2D eigenvalue weighted by Gasteiger charge is -2.32. The molecule has 0 saturated carbocycles. The Morgan fingerprint density at radius 1 is 1.14 bits per heavy atom. The molecule has 1 N–H and O–H groups in total. The van der Waals surface area contributed by atoms with Gasteiger partial charge in [-0.15, -0.1) is 0 Å². The molecule has 8 heteroatoms. The molecule has 8 nitrogen and oxygen atoms in total. The number of rotatable bonds is 4. The average Bonchev–Trinajstić information content (AvgIpc) is 3.07. The molecule has 144 valence electrons. The van der Waals surface area contributed by atoms with Crippen molar-refractivity contribution >= 4 is 17.4 Å². The van der Waals surface area contributed by atoms with E-state index in [2.05, 4.69) is 30.3 Å². The molecule has 1 atom stereocenters. The maximum Gasteiger partial charge on any atom is 0.229 e. The molecule has 0 aromatic carbocycles. The summed E-state index contributed by atoms with van der Waals surface area (Å²) in [6, 6.07) is 5.73. The molecule has 0 radical (unpaired) electrons. The summed E-state index contributed by atoms with van der Waals surface area (Å²) in [5, 5.41) is 7.42. The molecule has 1 saturated heterocycles. The lowest BCUT2D eigenvalue weighted by Crippen LogP contribution is -2.41. The van der Waals surface area contributed by atoms with E-state index in [1.165, 1.54) is 0 Å². The topological polar surface area (TPSA) is 88.8 Å². The molecular formula is C20H23N7O. The van der Waals surface area contributed by atoms with Crippen molar-refractivity contribution in [2.24, 2.45) is 5.92 Å². The molecule has 3 aromatic heterocycles. The second-order valence-corrected chi connectivity index (χ2v) is 7.08. The summed E-state index contributed by atoms with van der Waals surface area (Å²) in [4.78, 5) is 27.8. The van der Waals surface area contributed by atoms with E-state index in [9.17, 15) is 4.79 Å². The minimum Gasteiger partial charge on any atom is -0.355 e. The van der Waals surface area contributed by atoms with Gasteiger partial charge in [0.05, 0.1) is 29.7 Å². The highest BCUT2D eigenvalue weighted by molar-refractivity contribution is 5.92. The van der Waals surface area contributed by atoms with Crippen molar-refractivity contribution in [1.82, 2.24) is 24.7 Å². The Hall–Kier alpha value is -3.29. The average molecular weight is 377 g/mol. The van der Waals surface area contributed by atoms with Crippen molar-refractivity contribution in [1.29, 1.82) is 0 Å². The number of hydrogen-bond donors (Lipinski definition) is 1. The van der Waals surface area contributed by atoms with E-state index in [4.69, 9.17) is 0 Å². The van der Waals surface area contributed by atoms with Crippen LogP contribution in [0.3, 0.4) is 0 Å². The maximum absolute atomic E-state index is 12.7. The van der Waals surface area contributed by atoms with Crippen molar-refractivity contribution in [3.8, 4) is 5.82 Å². The maximum atomic E-state index is 12.7. The minimum atomic E-state index is -0.0913. The summed E-state index contributed by atoms with van der Waals surface area (Å²) in [5.74, 6) is 1.46. The van der Waals surface area contributed by atoms with Gasteiger partial charge in [0, 0.05) is 31.2 Å². The van der Waals surface area contributed by atoms with Crippen LogP contribution in [0.2, 0.25) is 0 Å². The summed E-state index contributed by atoms with van der Waals surface area (Å²) >= 11 is 0. The molecule has 4 heterocycles. The highest BCUT2D eigenvalue weighted by Gasteiger charge is 2.26. The van der Waals surface area contributed by atoms with Gasteiger partial charge in [-0.25, -0.2) is 14.6 Å². The van der Waals surface area contributed by atoms with Crippen LogP contribution in [0.25, 0.3) is 5.82 Å². The van der Waals surface area contributed by atoms with Crippen molar-refractivity contribution in [2.75, 3.05) is 23.3 Å². The standard InChI is InChI=1S/C20H23N7O/c1-14-10-15(2)27(25-14)18-6-5-17(11-23-18)24-20(28)16-4-3-9-26(13-16)19-12-21-7-8-22-19/h5-8,10-12,16H,3-4,9,13H2,1-2H3,(H,24,28). The molecule has 1 unspecified atom stereocenters. The number of nitrogens with zero attached hydrogens (tertiary/aromatic N) is 6. The Kier molecular flexibility index (Phi) is 5.01. The first-order valence-electron chi connectivity index (χ1n) is 9.41. The number of carbonyl (C=O) groups is 1. The quantitative estimate of drug-likeness (QED) is 0.752. The van der Waals surface area contributed by atoms with E-state index in [-0.39, 0.29) is 11.8 Å². The zero-order chi connectivity index (χ0) is 19.5. The van der Waals surface area contributed by atoms with Gasteiger partial charge in [0.25, 0.3) is 0 Å². The highest BCUT2D eigenvalue weighted by atomic mass is 16.1. The fourth-order valence-electron chi connectivity index (χ4n) is 3.54. The van der Waals surface area contributed by atoms with Crippen molar-refractivity contribution in [3.05, 3.63) is 54.4 Å². The van der Waals surface area contributed by atoms with Crippen molar-refractivity contribution < 1.29 is 4.79 Å². The number of anilines is 2. The molecule has 4 rings (SSSR count). The van der Waals surface area contributed by atoms with Crippen LogP contribution in [0.5, 0.6) is 0 Å². The van der Waals surface area contributed by atoms with Crippen LogP contribution in [0.4, 0.5) is 11.5 Å². The summed E-state index contributed by atoms with van der Waals surface area (Å²) in [6.07, 6.45) is 8.55. The molecular weight excluding hydrogens is 354 g/mol. The number of carbonyl (C=O) groups excluding carboxylic acids is 1. The molecule has 1 fully saturated rings. The minimum absolute atomic E-state index is 0.00857. The molecule has 0 bridgehead atoms. The number of aryl methyl sites for hydroxylation is 2. The molecule has 0 aliphatic carbocycles. The van der Waals surface area contributed by atoms with Gasteiger partial charge in [0.1, 0.15) is 5.82 Å². The Morgan fingerprint density at radius 3 is 2.71 bits per heavy atom. The second-order valence-electron chi connectivity index (χ2n) is 7.08. The van der Waals surface area contributed by atoms with Gasteiger partial charge in [-0.1, -0.05) is 0 Å². The van der Waals surface area contributed by atoms with Gasteiger partial charge in [0.15, 0.2) is 5.82 Å². The van der Waals surface area contributed by atoms with Crippen LogP contribution in [0, 0.1) is 19.8 Å². The van der Waals surface area contributed by atoms with Crippen molar-refractivity contribution in [2.45, 2.75) is 26.7 Å². The molecule has 0 spiro atoms. The van der Waals surface area contributed by atoms with E-state index in [0.717, 1.165) is 42.4 Å². The van der Waals surface area contributed by atoms with Crippen molar-refractivity contribution in [3.63, 3.8) is 0 Å². The summed E-state index contributed by atoms with van der Waals surface area (Å²) in [5.41, 5.74) is 2.65. The molecule has 28 heavy (non-hydrogen) atoms. The Balaban J connectivity index is 1.41. The third kappa shape index (κ3) is 3.85. The van der Waals surface area contributed by atoms with Gasteiger partial charge >= 0.3 is 0 Å².